The number of carbonyl (C=O) groups excluding carboxylic acids is 1. The van der Waals surface area contributed by atoms with Gasteiger partial charge in [-0.25, -0.2) is 0 Å². The highest BCUT2D eigenvalue weighted by atomic mass is 16.5. The molecule has 5 nitrogen and oxygen atoms in total. The first-order valence-corrected chi connectivity index (χ1v) is 7.49. The lowest BCUT2D eigenvalue weighted by Gasteiger charge is -2.27. The van der Waals surface area contributed by atoms with Gasteiger partial charge in [0.05, 0.1) is 24.6 Å². The van der Waals surface area contributed by atoms with Gasteiger partial charge in [-0.3, -0.25) is 9.59 Å². The monoisotopic (exact) mass is 299 g/mol. The van der Waals surface area contributed by atoms with E-state index in [-0.39, 0.29) is 11.9 Å². The van der Waals surface area contributed by atoms with Crippen molar-refractivity contribution in [3.63, 3.8) is 0 Å². The van der Waals surface area contributed by atoms with Crippen LogP contribution in [0.3, 0.4) is 0 Å². The lowest BCUT2D eigenvalue weighted by Crippen LogP contribution is -2.39. The van der Waals surface area contributed by atoms with Crippen LogP contribution in [-0.2, 0) is 14.3 Å². The fourth-order valence-electron chi connectivity index (χ4n) is 4.05. The molecule has 0 unspecified atom stereocenters. The molecule has 2 bridgehead atoms. The van der Waals surface area contributed by atoms with Crippen molar-refractivity contribution in [2.45, 2.75) is 24.7 Å². The quantitative estimate of drug-likeness (QED) is 0.861. The summed E-state index contributed by atoms with van der Waals surface area (Å²) < 4.78 is 5.89. The molecule has 4 rings (SSSR count). The third-order valence-corrected chi connectivity index (χ3v) is 5.16. The van der Waals surface area contributed by atoms with Crippen LogP contribution in [0, 0.1) is 11.8 Å². The number of nitrogens with zero attached hydrogens (tertiary/aromatic N) is 1. The van der Waals surface area contributed by atoms with Crippen LogP contribution < -0.4 is 0 Å². The Balaban J connectivity index is 1.68. The summed E-state index contributed by atoms with van der Waals surface area (Å²) in [4.78, 5) is 26.1. The maximum Gasteiger partial charge on any atom is 0.310 e. The summed E-state index contributed by atoms with van der Waals surface area (Å²) in [7, 11) is 0. The number of benzene rings is 1. The van der Waals surface area contributed by atoms with Gasteiger partial charge in [0, 0.05) is 0 Å². The molecule has 2 fully saturated rings. The van der Waals surface area contributed by atoms with Crippen LogP contribution in [0.1, 0.15) is 18.5 Å². The Hall–Kier alpha value is -2.14. The third kappa shape index (κ3) is 1.63. The van der Waals surface area contributed by atoms with E-state index in [4.69, 9.17) is 4.74 Å². The third-order valence-electron chi connectivity index (χ3n) is 5.16. The lowest BCUT2D eigenvalue weighted by atomic mass is 9.77. The molecule has 1 amide bonds. The predicted molar refractivity (Wildman–Crippen MR) is 77.9 cm³/mol. The normalized spacial score (nSPS) is 36.7. The number of carboxylic acids is 1. The SMILES string of the molecule is C[C@@H](c1ccccc1)N1C[C@@]23C=C[C@@H](O2)[C@H](C(=O)O)[C@@H]3C1=O. The minimum atomic E-state index is -0.955. The summed E-state index contributed by atoms with van der Waals surface area (Å²) in [5.74, 6) is -2.45. The van der Waals surface area contributed by atoms with E-state index in [0.717, 1.165) is 5.56 Å². The second-order valence-electron chi connectivity index (χ2n) is 6.29. The van der Waals surface area contributed by atoms with Gasteiger partial charge in [0.15, 0.2) is 0 Å². The minimum absolute atomic E-state index is 0.0980. The van der Waals surface area contributed by atoms with E-state index in [9.17, 15) is 14.7 Å². The number of rotatable bonds is 3. The van der Waals surface area contributed by atoms with E-state index < -0.39 is 29.5 Å². The molecule has 22 heavy (non-hydrogen) atoms. The molecule has 0 aromatic heterocycles. The number of ether oxygens (including phenoxy) is 1. The van der Waals surface area contributed by atoms with Crippen LogP contribution in [0.5, 0.6) is 0 Å². The van der Waals surface area contributed by atoms with Crippen LogP contribution in [-0.4, -0.2) is 40.1 Å². The molecule has 0 saturated carbocycles. The van der Waals surface area contributed by atoms with Crippen molar-refractivity contribution >= 4 is 11.9 Å². The molecular weight excluding hydrogens is 282 g/mol. The molecule has 3 aliphatic heterocycles. The first-order valence-electron chi connectivity index (χ1n) is 7.49. The molecule has 5 atom stereocenters. The van der Waals surface area contributed by atoms with Gasteiger partial charge in [0.2, 0.25) is 5.91 Å². The number of hydrogen-bond donors (Lipinski definition) is 1. The van der Waals surface area contributed by atoms with E-state index in [1.54, 1.807) is 11.0 Å². The Morgan fingerprint density at radius 3 is 2.82 bits per heavy atom. The molecule has 1 N–H and O–H groups in total. The van der Waals surface area contributed by atoms with Crippen LogP contribution in [0.4, 0.5) is 0 Å². The first kappa shape index (κ1) is 13.5. The van der Waals surface area contributed by atoms with Crippen molar-refractivity contribution < 1.29 is 19.4 Å². The summed E-state index contributed by atoms with van der Waals surface area (Å²) in [5, 5.41) is 9.45. The van der Waals surface area contributed by atoms with Gasteiger partial charge in [-0.1, -0.05) is 42.5 Å². The van der Waals surface area contributed by atoms with Crippen molar-refractivity contribution in [1.29, 1.82) is 0 Å². The van der Waals surface area contributed by atoms with Gasteiger partial charge in [-0.15, -0.1) is 0 Å². The van der Waals surface area contributed by atoms with Crippen molar-refractivity contribution in [2.75, 3.05) is 6.54 Å². The van der Waals surface area contributed by atoms with Crippen LogP contribution in [0.25, 0.3) is 0 Å². The van der Waals surface area contributed by atoms with Crippen LogP contribution >= 0.6 is 0 Å². The Labute approximate surface area is 128 Å². The fraction of sp³-hybridized carbons (Fsp3) is 0.412. The van der Waals surface area contributed by atoms with Gasteiger partial charge in [0.25, 0.3) is 0 Å². The molecular formula is C17H17NO4. The summed E-state index contributed by atoms with van der Waals surface area (Å²) >= 11 is 0. The van der Waals surface area contributed by atoms with Gasteiger partial charge < -0.3 is 14.7 Å². The smallest absolute Gasteiger partial charge is 0.310 e. The van der Waals surface area contributed by atoms with Crippen LogP contribution in [0.15, 0.2) is 42.5 Å². The largest absolute Gasteiger partial charge is 0.481 e. The van der Waals surface area contributed by atoms with Crippen molar-refractivity contribution in [3.05, 3.63) is 48.0 Å². The number of amides is 1. The van der Waals surface area contributed by atoms with Gasteiger partial charge in [-0.05, 0) is 12.5 Å². The number of likely N-dealkylation sites (tertiary alicyclic amines) is 1. The zero-order valence-corrected chi connectivity index (χ0v) is 12.2. The van der Waals surface area contributed by atoms with E-state index in [1.165, 1.54) is 0 Å². The molecule has 1 spiro atoms. The Kier molecular flexibility index (Phi) is 2.72. The molecule has 0 aliphatic carbocycles. The number of carbonyl (C=O) groups is 2. The van der Waals surface area contributed by atoms with E-state index in [2.05, 4.69) is 0 Å². The average Bonchev–Trinajstić information content (AvgIpc) is 3.15. The highest BCUT2D eigenvalue weighted by Gasteiger charge is 2.67. The molecule has 1 aromatic carbocycles. The number of fused-ring (bicyclic) bond motifs is 1. The summed E-state index contributed by atoms with van der Waals surface area (Å²) in [6, 6.07) is 9.67. The maximum atomic E-state index is 12.8. The summed E-state index contributed by atoms with van der Waals surface area (Å²) in [6.07, 6.45) is 3.21. The zero-order chi connectivity index (χ0) is 15.5. The van der Waals surface area contributed by atoms with Crippen molar-refractivity contribution in [2.24, 2.45) is 11.8 Å². The molecule has 1 aromatic rings. The first-order chi connectivity index (χ1) is 10.5. The fourth-order valence-corrected chi connectivity index (χ4v) is 4.05. The number of aliphatic carboxylic acids is 1. The van der Waals surface area contributed by atoms with E-state index >= 15 is 0 Å². The highest BCUT2D eigenvalue weighted by Crippen LogP contribution is 2.53. The topological polar surface area (TPSA) is 66.8 Å². The average molecular weight is 299 g/mol. The minimum Gasteiger partial charge on any atom is -0.481 e. The molecule has 3 heterocycles. The predicted octanol–water partition coefficient (Wildman–Crippen LogP) is 1.61. The Morgan fingerprint density at radius 1 is 1.41 bits per heavy atom. The number of hydrogen-bond acceptors (Lipinski definition) is 3. The molecule has 5 heteroatoms. The number of carboxylic acid groups (broad SMARTS) is 1. The summed E-state index contributed by atoms with van der Waals surface area (Å²) in [5.41, 5.74) is 0.283. The highest BCUT2D eigenvalue weighted by molar-refractivity contribution is 5.91. The van der Waals surface area contributed by atoms with Crippen molar-refractivity contribution in [3.8, 4) is 0 Å². The standard InChI is InChI=1S/C17H17NO4/c1-10(11-5-3-2-4-6-11)18-9-17-8-7-12(22-17)13(16(20)21)14(17)15(18)19/h2-8,10,12-14H,9H2,1H3,(H,20,21)/t10-,12+,13-,14+,17+/m0/s1. The van der Waals surface area contributed by atoms with Crippen molar-refractivity contribution in [1.82, 2.24) is 4.90 Å². The Morgan fingerprint density at radius 2 is 2.14 bits per heavy atom. The molecule has 114 valence electrons. The zero-order valence-electron chi connectivity index (χ0n) is 12.2. The van der Waals surface area contributed by atoms with Crippen LogP contribution in [0.2, 0.25) is 0 Å². The van der Waals surface area contributed by atoms with Gasteiger partial charge in [-0.2, -0.15) is 0 Å². The van der Waals surface area contributed by atoms with Gasteiger partial charge >= 0.3 is 5.97 Å². The van der Waals surface area contributed by atoms with E-state index in [1.807, 2.05) is 43.3 Å². The molecule has 3 aliphatic rings. The second-order valence-corrected chi connectivity index (χ2v) is 6.29. The van der Waals surface area contributed by atoms with E-state index in [0.29, 0.717) is 6.54 Å². The summed E-state index contributed by atoms with van der Waals surface area (Å²) in [6.45, 7) is 2.39. The lowest BCUT2D eigenvalue weighted by molar-refractivity contribution is -0.148. The maximum absolute atomic E-state index is 12.8. The molecule has 2 saturated heterocycles. The molecule has 0 radical (unpaired) electrons. The Bertz CT molecular complexity index is 670. The van der Waals surface area contributed by atoms with Gasteiger partial charge in [0.1, 0.15) is 11.5 Å². The second kappa shape index (κ2) is 4.43.